The average molecular weight is 375 g/mol. The van der Waals surface area contributed by atoms with E-state index in [4.69, 9.17) is 0 Å². The molecule has 0 saturated heterocycles. The van der Waals surface area contributed by atoms with Crippen molar-refractivity contribution in [3.63, 3.8) is 0 Å². The maximum atomic E-state index is 12.2. The van der Waals surface area contributed by atoms with Crippen molar-refractivity contribution in [3.8, 4) is 0 Å². The minimum absolute atomic E-state index is 0.445. The summed E-state index contributed by atoms with van der Waals surface area (Å²) in [6, 6.07) is 0. The van der Waals surface area contributed by atoms with Gasteiger partial charge in [0.15, 0.2) is 6.29 Å². The first kappa shape index (κ1) is 18.6. The molecule has 0 amide bonds. The molecule has 152 valence electrons. The summed E-state index contributed by atoms with van der Waals surface area (Å²) in [5.74, 6) is 6.07. The third-order valence-electron chi connectivity index (χ3n) is 10.8. The number of carbonyl (C=O) groups excluding carboxylic acids is 1. The van der Waals surface area contributed by atoms with Crippen LogP contribution < -0.4 is 0 Å². The van der Waals surface area contributed by atoms with Crippen LogP contribution in [-0.4, -0.2) is 22.3 Å². The standard InChI is InChI=1S/C24H38O3/c1-14(3-8-22(26)27)19-6-7-20-18-5-4-15-11-17(25)9-10-24(15)13-16(12-21(18)24)23(19,20)2/h14-16,18-22,26-27H,3-13H2,1-2H3. The molecule has 0 aromatic carbocycles. The van der Waals surface area contributed by atoms with E-state index >= 15 is 0 Å². The highest BCUT2D eigenvalue weighted by Crippen LogP contribution is 2.76. The zero-order chi connectivity index (χ0) is 19.0. The Hall–Kier alpha value is -0.410. The fourth-order valence-corrected chi connectivity index (χ4v) is 9.74. The van der Waals surface area contributed by atoms with Crippen molar-refractivity contribution in [1.29, 1.82) is 0 Å². The lowest BCUT2D eigenvalue weighted by Gasteiger charge is -2.56. The molecule has 9 atom stereocenters. The Labute approximate surface area is 164 Å². The zero-order valence-corrected chi connectivity index (χ0v) is 17.2. The van der Waals surface area contributed by atoms with Gasteiger partial charge >= 0.3 is 0 Å². The number of fused-ring (bicyclic) bond motifs is 4. The molecule has 5 aliphatic rings. The molecule has 3 nitrogen and oxygen atoms in total. The molecule has 0 aromatic heterocycles. The van der Waals surface area contributed by atoms with Crippen LogP contribution in [0.5, 0.6) is 0 Å². The summed E-state index contributed by atoms with van der Waals surface area (Å²) < 4.78 is 0. The van der Waals surface area contributed by atoms with Crippen molar-refractivity contribution in [3.05, 3.63) is 0 Å². The van der Waals surface area contributed by atoms with E-state index < -0.39 is 6.29 Å². The van der Waals surface area contributed by atoms with Gasteiger partial charge in [-0.05, 0) is 110 Å². The summed E-state index contributed by atoms with van der Waals surface area (Å²) in [4.78, 5) is 12.2. The molecule has 0 heterocycles. The topological polar surface area (TPSA) is 57.5 Å². The number of rotatable bonds is 4. The molecule has 5 aliphatic carbocycles. The lowest BCUT2D eigenvalue weighted by atomic mass is 9.48. The molecule has 27 heavy (non-hydrogen) atoms. The molecule has 9 unspecified atom stereocenters. The normalized spacial score (nSPS) is 52.0. The predicted molar refractivity (Wildman–Crippen MR) is 105 cm³/mol. The molecular weight excluding hydrogens is 336 g/mol. The average Bonchev–Trinajstić information content (AvgIpc) is 3.18. The molecule has 0 radical (unpaired) electrons. The Morgan fingerprint density at radius 2 is 1.89 bits per heavy atom. The minimum atomic E-state index is -1.15. The lowest BCUT2D eigenvalue weighted by molar-refractivity contribution is -0.131. The van der Waals surface area contributed by atoms with Gasteiger partial charge < -0.3 is 10.2 Å². The number of aliphatic hydroxyl groups is 2. The quantitative estimate of drug-likeness (QED) is 0.710. The predicted octanol–water partition coefficient (Wildman–Crippen LogP) is 4.55. The first-order valence-corrected chi connectivity index (χ1v) is 11.7. The second kappa shape index (κ2) is 6.29. The first-order chi connectivity index (χ1) is 12.9. The van der Waals surface area contributed by atoms with E-state index in [2.05, 4.69) is 13.8 Å². The second-order valence-electron chi connectivity index (χ2n) is 11.3. The Balaban J connectivity index is 1.44. The fourth-order valence-electron chi connectivity index (χ4n) is 9.74. The van der Waals surface area contributed by atoms with Crippen molar-refractivity contribution in [2.45, 2.75) is 90.8 Å². The molecule has 0 aliphatic heterocycles. The number of ketones is 1. The van der Waals surface area contributed by atoms with Crippen LogP contribution in [0.25, 0.3) is 0 Å². The molecule has 5 rings (SSSR count). The SMILES string of the molecule is CC(CCC(O)O)C1CCC2C3CCC4CC(=O)CCC45CC(CC35)C12C. The van der Waals surface area contributed by atoms with E-state index in [-0.39, 0.29) is 0 Å². The zero-order valence-electron chi connectivity index (χ0n) is 17.2. The van der Waals surface area contributed by atoms with E-state index in [1.54, 1.807) is 0 Å². The number of aliphatic hydroxyl groups excluding tert-OH is 1. The van der Waals surface area contributed by atoms with Gasteiger partial charge in [-0.25, -0.2) is 0 Å². The van der Waals surface area contributed by atoms with Crippen molar-refractivity contribution in [1.82, 2.24) is 0 Å². The van der Waals surface area contributed by atoms with Gasteiger partial charge in [-0.3, -0.25) is 4.79 Å². The van der Waals surface area contributed by atoms with Gasteiger partial charge in [0.05, 0.1) is 0 Å². The lowest BCUT2D eigenvalue weighted by Crippen LogP contribution is -2.50. The minimum Gasteiger partial charge on any atom is -0.368 e. The molecule has 5 fully saturated rings. The number of hydrogen-bond acceptors (Lipinski definition) is 3. The van der Waals surface area contributed by atoms with Crippen LogP contribution in [0, 0.1) is 52.3 Å². The van der Waals surface area contributed by atoms with E-state index in [0.29, 0.717) is 34.9 Å². The van der Waals surface area contributed by atoms with Crippen molar-refractivity contribution in [2.24, 2.45) is 52.3 Å². The monoisotopic (exact) mass is 374 g/mol. The van der Waals surface area contributed by atoms with Gasteiger partial charge in [0, 0.05) is 12.8 Å². The molecule has 2 N–H and O–H groups in total. The molecule has 2 bridgehead atoms. The van der Waals surface area contributed by atoms with E-state index in [1.165, 1.54) is 44.9 Å². The molecular formula is C24H38O3. The maximum absolute atomic E-state index is 12.2. The summed E-state index contributed by atoms with van der Waals surface area (Å²) in [6.45, 7) is 5.00. The fraction of sp³-hybridized carbons (Fsp3) is 0.958. The first-order valence-electron chi connectivity index (χ1n) is 11.7. The smallest absolute Gasteiger partial charge is 0.151 e. The summed E-state index contributed by atoms with van der Waals surface area (Å²) in [5.41, 5.74) is 0.949. The van der Waals surface area contributed by atoms with Crippen LogP contribution in [-0.2, 0) is 4.79 Å². The van der Waals surface area contributed by atoms with Crippen LogP contribution in [0.4, 0.5) is 0 Å². The van der Waals surface area contributed by atoms with Crippen LogP contribution in [0.2, 0.25) is 0 Å². The Morgan fingerprint density at radius 1 is 1.07 bits per heavy atom. The van der Waals surface area contributed by atoms with Gasteiger partial charge in [0.25, 0.3) is 0 Å². The summed E-state index contributed by atoms with van der Waals surface area (Å²) in [7, 11) is 0. The van der Waals surface area contributed by atoms with Gasteiger partial charge in [0.2, 0.25) is 0 Å². The largest absolute Gasteiger partial charge is 0.368 e. The van der Waals surface area contributed by atoms with Crippen molar-refractivity contribution >= 4 is 5.78 Å². The van der Waals surface area contributed by atoms with Crippen LogP contribution in [0.1, 0.15) is 84.5 Å². The highest BCUT2D eigenvalue weighted by Gasteiger charge is 2.69. The van der Waals surface area contributed by atoms with Crippen LogP contribution in [0.15, 0.2) is 0 Å². The highest BCUT2D eigenvalue weighted by molar-refractivity contribution is 5.79. The number of hydrogen-bond donors (Lipinski definition) is 2. The molecule has 3 heteroatoms. The second-order valence-corrected chi connectivity index (χ2v) is 11.3. The molecule has 1 spiro atoms. The van der Waals surface area contributed by atoms with Crippen molar-refractivity contribution < 1.29 is 15.0 Å². The third kappa shape index (κ3) is 2.49. The Kier molecular flexibility index (Phi) is 4.34. The van der Waals surface area contributed by atoms with Gasteiger partial charge in [-0.2, -0.15) is 0 Å². The summed E-state index contributed by atoms with van der Waals surface area (Å²) >= 11 is 0. The summed E-state index contributed by atoms with van der Waals surface area (Å²) in [6.07, 6.45) is 11.5. The van der Waals surface area contributed by atoms with Gasteiger partial charge in [0.1, 0.15) is 5.78 Å². The van der Waals surface area contributed by atoms with E-state index in [9.17, 15) is 15.0 Å². The summed E-state index contributed by atoms with van der Waals surface area (Å²) in [5, 5.41) is 18.7. The van der Waals surface area contributed by atoms with Gasteiger partial charge in [-0.1, -0.05) is 13.8 Å². The molecule has 0 aromatic rings. The van der Waals surface area contributed by atoms with E-state index in [1.807, 2.05) is 0 Å². The number of carbonyl (C=O) groups is 1. The van der Waals surface area contributed by atoms with Crippen LogP contribution in [0.3, 0.4) is 0 Å². The van der Waals surface area contributed by atoms with Crippen LogP contribution >= 0.6 is 0 Å². The Morgan fingerprint density at radius 3 is 2.67 bits per heavy atom. The van der Waals surface area contributed by atoms with E-state index in [0.717, 1.165) is 48.9 Å². The van der Waals surface area contributed by atoms with Crippen molar-refractivity contribution in [2.75, 3.05) is 0 Å². The number of Topliss-reactive ketones (excluding diaryl/α,β-unsaturated/α-hetero) is 1. The third-order valence-corrected chi connectivity index (χ3v) is 10.8. The maximum Gasteiger partial charge on any atom is 0.151 e. The Bertz CT molecular complexity index is 615. The van der Waals surface area contributed by atoms with Gasteiger partial charge in [-0.15, -0.1) is 0 Å². The highest BCUT2D eigenvalue weighted by atomic mass is 16.5. The molecule has 5 saturated carbocycles.